The van der Waals surface area contributed by atoms with Crippen LogP contribution in [0, 0.1) is 12.3 Å². The molecule has 2 rings (SSSR count). The maximum atomic E-state index is 12.2. The number of terminal acetylenes is 1. The number of amides is 1. The molecule has 0 bridgehead atoms. The van der Waals surface area contributed by atoms with Gasteiger partial charge in [-0.05, 0) is 42.8 Å². The summed E-state index contributed by atoms with van der Waals surface area (Å²) < 4.78 is 10.6. The van der Waals surface area contributed by atoms with Crippen molar-refractivity contribution < 1.29 is 14.3 Å². The Morgan fingerprint density at radius 2 is 1.90 bits per heavy atom. The van der Waals surface area contributed by atoms with E-state index in [-0.39, 0.29) is 12.5 Å². The van der Waals surface area contributed by atoms with Gasteiger partial charge in [0, 0.05) is 17.8 Å². The molecule has 0 heterocycles. The zero-order valence-corrected chi connectivity index (χ0v) is 16.9. The Kier molecular flexibility index (Phi) is 8.39. The number of guanidine groups is 1. The molecule has 0 radical (unpaired) electrons. The van der Waals surface area contributed by atoms with E-state index in [1.165, 1.54) is 0 Å². The summed E-state index contributed by atoms with van der Waals surface area (Å²) in [6, 6.07) is 12.8. The lowest BCUT2D eigenvalue weighted by molar-refractivity contribution is -0.115. The number of ether oxygens (including phenoxy) is 2. The molecule has 0 saturated heterocycles. The first-order valence-electron chi connectivity index (χ1n) is 9.19. The predicted octanol–water partition coefficient (Wildman–Crippen LogP) is 2.38. The Morgan fingerprint density at radius 3 is 2.59 bits per heavy atom. The van der Waals surface area contributed by atoms with Gasteiger partial charge in [0.15, 0.2) is 17.5 Å². The summed E-state index contributed by atoms with van der Waals surface area (Å²) in [5.41, 5.74) is 2.32. The van der Waals surface area contributed by atoms with Crippen LogP contribution >= 0.6 is 0 Å². The monoisotopic (exact) mass is 394 g/mol. The largest absolute Gasteiger partial charge is 0.493 e. The fourth-order valence-corrected chi connectivity index (χ4v) is 2.55. The molecular weight excluding hydrogens is 368 g/mol. The number of rotatable bonds is 8. The first kappa shape index (κ1) is 21.6. The van der Waals surface area contributed by atoms with Crippen molar-refractivity contribution in [2.24, 2.45) is 4.99 Å². The maximum Gasteiger partial charge on any atom is 0.243 e. The molecule has 0 aromatic heterocycles. The number of nitrogens with one attached hydrogen (secondary N) is 3. The molecule has 0 fully saturated rings. The zero-order chi connectivity index (χ0) is 21.1. The Balaban J connectivity index is 1.96. The molecule has 7 heteroatoms. The average molecular weight is 394 g/mol. The van der Waals surface area contributed by atoms with Crippen molar-refractivity contribution >= 4 is 17.6 Å². The van der Waals surface area contributed by atoms with Gasteiger partial charge in [-0.15, -0.1) is 6.42 Å². The van der Waals surface area contributed by atoms with Crippen LogP contribution in [0.2, 0.25) is 0 Å². The number of aliphatic imine (C=N–C) groups is 1. The van der Waals surface area contributed by atoms with E-state index in [1.807, 2.05) is 25.1 Å². The van der Waals surface area contributed by atoms with E-state index in [0.717, 1.165) is 5.56 Å². The number of anilines is 1. The molecule has 0 atom stereocenters. The topological polar surface area (TPSA) is 84.0 Å². The third kappa shape index (κ3) is 6.78. The van der Waals surface area contributed by atoms with Crippen molar-refractivity contribution in [3.8, 4) is 23.8 Å². The summed E-state index contributed by atoms with van der Waals surface area (Å²) in [6.07, 6.45) is 5.38. The Morgan fingerprint density at radius 1 is 1.10 bits per heavy atom. The third-order valence-electron chi connectivity index (χ3n) is 3.94. The standard InChI is InChI=1S/C22H26N4O3/c1-5-16-8-7-9-18(12-16)26-21(27)15-25-22(23-6-2)24-14-17-10-11-19(28-3)20(13-17)29-4/h1,7-13H,6,14-15H2,2-4H3,(H,26,27)(H2,23,24,25). The molecule has 152 valence electrons. The molecule has 0 unspecified atom stereocenters. The second kappa shape index (κ2) is 11.2. The van der Waals surface area contributed by atoms with Gasteiger partial charge in [-0.2, -0.15) is 0 Å². The van der Waals surface area contributed by atoms with Crippen molar-refractivity contribution in [1.29, 1.82) is 0 Å². The van der Waals surface area contributed by atoms with Crippen molar-refractivity contribution in [3.63, 3.8) is 0 Å². The minimum Gasteiger partial charge on any atom is -0.493 e. The average Bonchev–Trinajstić information content (AvgIpc) is 2.75. The highest BCUT2D eigenvalue weighted by atomic mass is 16.5. The van der Waals surface area contributed by atoms with Crippen LogP contribution in [0.15, 0.2) is 47.5 Å². The molecule has 2 aromatic rings. The molecule has 2 aromatic carbocycles. The van der Waals surface area contributed by atoms with Gasteiger partial charge in [-0.3, -0.25) is 4.79 Å². The molecule has 1 amide bonds. The van der Waals surface area contributed by atoms with E-state index in [2.05, 4.69) is 26.9 Å². The Bertz CT molecular complexity index is 903. The van der Waals surface area contributed by atoms with Crippen molar-refractivity contribution in [3.05, 3.63) is 53.6 Å². The van der Waals surface area contributed by atoms with E-state index >= 15 is 0 Å². The fourth-order valence-electron chi connectivity index (χ4n) is 2.55. The molecule has 3 N–H and O–H groups in total. The third-order valence-corrected chi connectivity index (χ3v) is 3.94. The molecule has 29 heavy (non-hydrogen) atoms. The number of carbonyl (C=O) groups is 1. The molecule has 0 aliphatic rings. The minimum absolute atomic E-state index is 0.0675. The van der Waals surface area contributed by atoms with Gasteiger partial charge in [0.25, 0.3) is 0 Å². The SMILES string of the molecule is C#Cc1cccc(NC(=O)CNC(=NCc2ccc(OC)c(OC)c2)NCC)c1. The van der Waals surface area contributed by atoms with Gasteiger partial charge in [-0.1, -0.05) is 18.1 Å². The zero-order valence-electron chi connectivity index (χ0n) is 16.9. The number of hydrogen-bond acceptors (Lipinski definition) is 4. The highest BCUT2D eigenvalue weighted by Gasteiger charge is 2.07. The molecule has 0 spiro atoms. The second-order valence-corrected chi connectivity index (χ2v) is 6.01. The summed E-state index contributed by atoms with van der Waals surface area (Å²) in [5.74, 6) is 4.19. The lowest BCUT2D eigenvalue weighted by Gasteiger charge is -2.12. The van der Waals surface area contributed by atoms with Gasteiger partial charge in [0.2, 0.25) is 5.91 Å². The second-order valence-electron chi connectivity index (χ2n) is 6.01. The highest BCUT2D eigenvalue weighted by Crippen LogP contribution is 2.27. The van der Waals surface area contributed by atoms with Crippen LogP contribution in [-0.4, -0.2) is 39.2 Å². The van der Waals surface area contributed by atoms with Crippen molar-refractivity contribution in [2.45, 2.75) is 13.5 Å². The highest BCUT2D eigenvalue weighted by molar-refractivity contribution is 5.95. The number of benzene rings is 2. The summed E-state index contributed by atoms with van der Waals surface area (Å²) in [7, 11) is 3.19. The predicted molar refractivity (Wildman–Crippen MR) is 115 cm³/mol. The first-order chi connectivity index (χ1) is 14.1. The van der Waals surface area contributed by atoms with E-state index in [0.29, 0.717) is 41.8 Å². The minimum atomic E-state index is -0.198. The summed E-state index contributed by atoms with van der Waals surface area (Å²) in [4.78, 5) is 16.7. The lowest BCUT2D eigenvalue weighted by Crippen LogP contribution is -2.41. The van der Waals surface area contributed by atoms with Crippen LogP contribution in [0.1, 0.15) is 18.1 Å². The number of nitrogens with zero attached hydrogens (tertiary/aromatic N) is 1. The lowest BCUT2D eigenvalue weighted by atomic mass is 10.2. The van der Waals surface area contributed by atoms with Crippen LogP contribution < -0.4 is 25.4 Å². The van der Waals surface area contributed by atoms with Crippen LogP contribution in [0.25, 0.3) is 0 Å². The van der Waals surface area contributed by atoms with E-state index in [4.69, 9.17) is 15.9 Å². The van der Waals surface area contributed by atoms with Gasteiger partial charge in [0.1, 0.15) is 0 Å². The fraction of sp³-hybridized carbons (Fsp3) is 0.273. The van der Waals surface area contributed by atoms with E-state index < -0.39 is 0 Å². The van der Waals surface area contributed by atoms with Gasteiger partial charge in [0.05, 0.1) is 27.3 Å². The first-order valence-corrected chi connectivity index (χ1v) is 9.19. The van der Waals surface area contributed by atoms with Gasteiger partial charge < -0.3 is 25.4 Å². The van der Waals surface area contributed by atoms with Crippen LogP contribution in [-0.2, 0) is 11.3 Å². The number of methoxy groups -OCH3 is 2. The van der Waals surface area contributed by atoms with Crippen molar-refractivity contribution in [1.82, 2.24) is 10.6 Å². The molecule has 7 nitrogen and oxygen atoms in total. The quantitative estimate of drug-likeness (QED) is 0.364. The summed E-state index contributed by atoms with van der Waals surface area (Å²) in [6.45, 7) is 3.11. The smallest absolute Gasteiger partial charge is 0.243 e. The van der Waals surface area contributed by atoms with Crippen molar-refractivity contribution in [2.75, 3.05) is 32.6 Å². The molecule has 0 saturated carbocycles. The molecular formula is C22H26N4O3. The molecule has 0 aliphatic heterocycles. The van der Waals surface area contributed by atoms with E-state index in [1.54, 1.807) is 38.5 Å². The Labute approximate surface area is 171 Å². The maximum absolute atomic E-state index is 12.2. The van der Waals surface area contributed by atoms with E-state index in [9.17, 15) is 4.79 Å². The van der Waals surface area contributed by atoms with Gasteiger partial charge >= 0.3 is 0 Å². The Hall–Kier alpha value is -3.66. The van der Waals surface area contributed by atoms with Gasteiger partial charge in [-0.25, -0.2) is 4.99 Å². The summed E-state index contributed by atoms with van der Waals surface area (Å²) in [5, 5.41) is 8.94. The van der Waals surface area contributed by atoms with Crippen LogP contribution in [0.5, 0.6) is 11.5 Å². The number of hydrogen-bond donors (Lipinski definition) is 3. The van der Waals surface area contributed by atoms with Crippen LogP contribution in [0.3, 0.4) is 0 Å². The normalized spacial score (nSPS) is 10.6. The summed E-state index contributed by atoms with van der Waals surface area (Å²) >= 11 is 0. The number of carbonyl (C=O) groups excluding carboxylic acids is 1. The molecule has 0 aliphatic carbocycles. The van der Waals surface area contributed by atoms with Crippen LogP contribution in [0.4, 0.5) is 5.69 Å².